The zero-order valence-corrected chi connectivity index (χ0v) is 55.1. The largest absolute Gasteiger partial charge is 0.394 e. The van der Waals surface area contributed by atoms with Crippen molar-refractivity contribution in [3.63, 3.8) is 0 Å². The minimum Gasteiger partial charge on any atom is -0.394 e. The van der Waals surface area contributed by atoms with Crippen LogP contribution in [0.25, 0.3) is 0 Å². The first-order valence-electron chi connectivity index (χ1n) is 35.2. The molecule has 3 aliphatic heterocycles. The van der Waals surface area contributed by atoms with Gasteiger partial charge in [0.15, 0.2) is 18.9 Å². The second-order valence-corrected chi connectivity index (χ2v) is 25.0. The van der Waals surface area contributed by atoms with Crippen LogP contribution in [0.2, 0.25) is 0 Å². The van der Waals surface area contributed by atoms with Crippen molar-refractivity contribution in [1.29, 1.82) is 0 Å². The Bertz CT molecular complexity index is 1920. The van der Waals surface area contributed by atoms with Crippen molar-refractivity contribution in [1.82, 2.24) is 5.32 Å². The number of nitrogens with one attached hydrogen (secondary N) is 1. The van der Waals surface area contributed by atoms with Crippen LogP contribution in [0.1, 0.15) is 239 Å². The zero-order valence-electron chi connectivity index (χ0n) is 55.1. The molecule has 17 atom stereocenters. The summed E-state index contributed by atoms with van der Waals surface area (Å²) in [6.45, 7) is 1.68. The molecule has 19 heteroatoms. The molecule has 12 N–H and O–H groups in total. The highest BCUT2D eigenvalue weighted by Crippen LogP contribution is 2.33. The Morgan fingerprint density at radius 3 is 1.20 bits per heavy atom. The average Bonchev–Trinajstić information content (AvgIpc) is 0.847. The van der Waals surface area contributed by atoms with E-state index >= 15 is 0 Å². The molecule has 0 aromatic carbocycles. The minimum atomic E-state index is -1.98. The van der Waals surface area contributed by atoms with Crippen LogP contribution < -0.4 is 5.32 Å². The lowest BCUT2D eigenvalue weighted by Gasteiger charge is -2.48. The lowest BCUT2D eigenvalue weighted by Crippen LogP contribution is -2.66. The fourth-order valence-electron chi connectivity index (χ4n) is 11.6. The van der Waals surface area contributed by atoms with Crippen LogP contribution in [0.15, 0.2) is 72.9 Å². The third-order valence-corrected chi connectivity index (χ3v) is 17.3. The van der Waals surface area contributed by atoms with Gasteiger partial charge in [-0.05, 0) is 64.2 Å². The molecule has 3 saturated heterocycles. The van der Waals surface area contributed by atoms with Gasteiger partial charge in [-0.3, -0.25) is 4.79 Å². The topological polar surface area (TPSA) is 307 Å². The van der Waals surface area contributed by atoms with Crippen LogP contribution >= 0.6 is 0 Å². The van der Waals surface area contributed by atoms with Gasteiger partial charge in [-0.2, -0.15) is 0 Å². The number of carbonyl (C=O) groups excluding carboxylic acids is 1. The van der Waals surface area contributed by atoms with E-state index < -0.39 is 124 Å². The van der Waals surface area contributed by atoms with Gasteiger partial charge in [0.2, 0.25) is 5.91 Å². The van der Waals surface area contributed by atoms with Gasteiger partial charge in [0.1, 0.15) is 73.2 Å². The lowest BCUT2D eigenvalue weighted by molar-refractivity contribution is -0.379. The normalized spacial score (nSPS) is 28.5. The van der Waals surface area contributed by atoms with Crippen molar-refractivity contribution in [3.05, 3.63) is 72.9 Å². The van der Waals surface area contributed by atoms with Crippen LogP contribution in [0.5, 0.6) is 0 Å². The predicted molar refractivity (Wildman–Crippen MR) is 351 cm³/mol. The molecule has 90 heavy (non-hydrogen) atoms. The highest BCUT2D eigenvalue weighted by molar-refractivity contribution is 5.76. The van der Waals surface area contributed by atoms with Crippen LogP contribution in [-0.2, 0) is 33.2 Å². The van der Waals surface area contributed by atoms with E-state index in [9.17, 15) is 61.0 Å². The van der Waals surface area contributed by atoms with Crippen molar-refractivity contribution in [2.45, 2.75) is 343 Å². The van der Waals surface area contributed by atoms with E-state index in [-0.39, 0.29) is 18.9 Å². The number of carbonyl (C=O) groups is 1. The van der Waals surface area contributed by atoms with Gasteiger partial charge in [-0.25, -0.2) is 0 Å². The maximum absolute atomic E-state index is 13.4. The smallest absolute Gasteiger partial charge is 0.220 e. The first-order chi connectivity index (χ1) is 43.8. The van der Waals surface area contributed by atoms with E-state index in [1.54, 1.807) is 0 Å². The molecule has 0 aliphatic carbocycles. The Hall–Kier alpha value is -2.77. The Morgan fingerprint density at radius 1 is 0.411 bits per heavy atom. The van der Waals surface area contributed by atoms with Crippen LogP contribution in [0, 0.1) is 0 Å². The number of aliphatic hydroxyl groups excluding tert-OH is 11. The maximum Gasteiger partial charge on any atom is 0.220 e. The number of rotatable bonds is 53. The quantitative estimate of drug-likeness (QED) is 0.0199. The SMILES string of the molecule is CC/C=C\C/C=C\C/C=C\C/C=C\C/C=C\C/C=C\CCCCCCCCC(=O)NC(COC1OC(CO)C(OC2OC(CO)C(OC3OC(CO)C(O)C(O)C3O)C(O)C2O)C(O)C1O)C(O)CCCCCCCCCCCCCCCCCCCCCC. The molecule has 3 fully saturated rings. The summed E-state index contributed by atoms with van der Waals surface area (Å²) in [6, 6.07) is -0.901. The van der Waals surface area contributed by atoms with Crippen molar-refractivity contribution in [3.8, 4) is 0 Å². The summed E-state index contributed by atoms with van der Waals surface area (Å²) in [5, 5.41) is 121. The number of hydrogen-bond acceptors (Lipinski definition) is 18. The fraction of sp³-hybridized carbons (Fsp3) is 0.817. The van der Waals surface area contributed by atoms with E-state index in [4.69, 9.17) is 28.4 Å². The number of amides is 1. The van der Waals surface area contributed by atoms with E-state index in [1.807, 2.05) is 0 Å². The second-order valence-electron chi connectivity index (χ2n) is 25.0. The number of unbranched alkanes of at least 4 members (excludes halogenated alkanes) is 25. The van der Waals surface area contributed by atoms with Crippen LogP contribution in [-0.4, -0.2) is 193 Å². The van der Waals surface area contributed by atoms with Gasteiger partial charge < -0.3 is 89.9 Å². The van der Waals surface area contributed by atoms with Crippen molar-refractivity contribution < 1.29 is 89.4 Å². The number of aliphatic hydroxyl groups is 11. The fourth-order valence-corrected chi connectivity index (χ4v) is 11.6. The number of ether oxygens (including phenoxy) is 6. The molecule has 19 nitrogen and oxygen atoms in total. The summed E-state index contributed by atoms with van der Waals surface area (Å²) in [5.74, 6) is -0.258. The Labute approximate surface area is 540 Å². The Kier molecular flexibility index (Phi) is 47.5. The van der Waals surface area contributed by atoms with Crippen molar-refractivity contribution >= 4 is 5.91 Å². The zero-order chi connectivity index (χ0) is 65.4. The summed E-state index contributed by atoms with van der Waals surface area (Å²) in [5.41, 5.74) is 0. The average molecular weight is 1280 g/mol. The first-order valence-corrected chi connectivity index (χ1v) is 35.2. The predicted octanol–water partition coefficient (Wildman–Crippen LogP) is 9.33. The molecule has 0 aromatic rings. The third-order valence-electron chi connectivity index (χ3n) is 17.3. The highest BCUT2D eigenvalue weighted by Gasteiger charge is 2.53. The monoisotopic (exact) mass is 1280 g/mol. The lowest BCUT2D eigenvalue weighted by atomic mass is 9.96. The standard InChI is InChI=1S/C71H125NO18/c1-3-5-7-9-11-13-15-17-19-21-23-25-26-27-28-29-31-33-35-37-39-41-43-45-47-49-59(77)72-54(55(76)48-46-44-42-40-38-36-34-32-30-24-22-20-18-16-14-12-10-8-6-4-2)53-85-69-65(83)62(80)67(57(51-74)87-69)90-71-66(84)63(81)68(58(52-75)88-71)89-70-64(82)61(79)60(78)56(50-73)86-70/h5,7,11,13,17,19,23,25,27-28,31,33,54-58,60-71,73-76,78-84H,3-4,6,8-10,12,14-16,18,20-22,24,26,29-30,32,34-53H2,1-2H3,(H,72,77)/b7-5-,13-11-,19-17-,25-23-,28-27-,33-31-. The summed E-state index contributed by atoms with van der Waals surface area (Å²) in [6.07, 6.45) is 38.2. The van der Waals surface area contributed by atoms with Crippen LogP contribution in [0.4, 0.5) is 0 Å². The number of allylic oxidation sites excluding steroid dienone is 12. The maximum atomic E-state index is 13.4. The molecule has 1 amide bonds. The molecule has 3 heterocycles. The molecule has 3 aliphatic rings. The molecular formula is C71H125NO18. The van der Waals surface area contributed by atoms with Crippen LogP contribution in [0.3, 0.4) is 0 Å². The number of hydrogen-bond donors (Lipinski definition) is 12. The summed E-state index contributed by atoms with van der Waals surface area (Å²) < 4.78 is 34.4. The van der Waals surface area contributed by atoms with Gasteiger partial charge in [0.05, 0.1) is 38.6 Å². The molecule has 0 aromatic heterocycles. The summed E-state index contributed by atoms with van der Waals surface area (Å²) in [7, 11) is 0. The molecule has 3 rings (SSSR count). The van der Waals surface area contributed by atoms with E-state index in [0.717, 1.165) is 103 Å². The molecular weight excluding hydrogens is 1150 g/mol. The van der Waals surface area contributed by atoms with Gasteiger partial charge in [0, 0.05) is 6.42 Å². The second kappa shape index (κ2) is 52.5. The first kappa shape index (κ1) is 81.5. The van der Waals surface area contributed by atoms with Gasteiger partial charge in [-0.1, -0.05) is 241 Å². The molecule has 0 radical (unpaired) electrons. The van der Waals surface area contributed by atoms with E-state index in [2.05, 4.69) is 92.1 Å². The molecule has 0 saturated carbocycles. The van der Waals surface area contributed by atoms with Gasteiger partial charge >= 0.3 is 0 Å². The minimum absolute atomic E-state index is 0.246. The molecule has 522 valence electrons. The molecule has 0 spiro atoms. The third kappa shape index (κ3) is 34.1. The van der Waals surface area contributed by atoms with Gasteiger partial charge in [-0.15, -0.1) is 0 Å². The Morgan fingerprint density at radius 2 is 0.767 bits per heavy atom. The summed E-state index contributed by atoms with van der Waals surface area (Å²) in [4.78, 5) is 13.4. The van der Waals surface area contributed by atoms with Gasteiger partial charge in [0.25, 0.3) is 0 Å². The molecule has 17 unspecified atom stereocenters. The van der Waals surface area contributed by atoms with E-state index in [0.29, 0.717) is 12.8 Å². The highest BCUT2D eigenvalue weighted by atomic mass is 16.8. The summed E-state index contributed by atoms with van der Waals surface area (Å²) >= 11 is 0. The Balaban J connectivity index is 1.44. The van der Waals surface area contributed by atoms with Crippen molar-refractivity contribution in [2.75, 3.05) is 26.4 Å². The van der Waals surface area contributed by atoms with E-state index in [1.165, 1.54) is 103 Å². The van der Waals surface area contributed by atoms with Crippen molar-refractivity contribution in [2.24, 2.45) is 0 Å². The molecule has 0 bridgehead atoms.